The largest absolute Gasteiger partial charge is 0.478 e. The quantitative estimate of drug-likeness (QED) is 0.895. The van der Waals surface area contributed by atoms with E-state index in [0.29, 0.717) is 5.56 Å². The van der Waals surface area contributed by atoms with Gasteiger partial charge in [-0.3, -0.25) is 4.90 Å². The predicted octanol–water partition coefficient (Wildman–Crippen LogP) is 3.77. The Morgan fingerprint density at radius 3 is 2.28 bits per heavy atom. The molecule has 0 aromatic heterocycles. The standard InChI is InChI=1S/C18H24FNO5/c1-17(2,3)25-16(23)20-13(10-19)14(24-18(20,4)5)11-6-8-12(9-7-11)15(21)22/h6-9,13-14H,10H2,1-5H3,(H,21,22)/t13-,14-/m1/s1. The van der Waals surface area contributed by atoms with Crippen molar-refractivity contribution in [3.63, 3.8) is 0 Å². The molecule has 1 aliphatic rings. The van der Waals surface area contributed by atoms with Crippen LogP contribution in [0, 0.1) is 0 Å². The van der Waals surface area contributed by atoms with Crippen molar-refractivity contribution >= 4 is 12.1 Å². The van der Waals surface area contributed by atoms with E-state index in [2.05, 4.69) is 0 Å². The lowest BCUT2D eigenvalue weighted by Gasteiger charge is -2.34. The van der Waals surface area contributed by atoms with Gasteiger partial charge in [-0.15, -0.1) is 0 Å². The monoisotopic (exact) mass is 353 g/mol. The SMILES string of the molecule is CC(C)(C)OC(=O)N1[C@H](CF)[C@@H](c2ccc(C(=O)O)cc2)OC1(C)C. The molecule has 1 fully saturated rings. The van der Waals surface area contributed by atoms with Crippen molar-refractivity contribution in [3.8, 4) is 0 Å². The second-order valence-corrected chi connectivity index (χ2v) is 7.48. The Hall–Kier alpha value is -2.15. The Morgan fingerprint density at radius 1 is 1.28 bits per heavy atom. The summed E-state index contributed by atoms with van der Waals surface area (Å²) in [5.41, 5.74) is -1.04. The zero-order valence-corrected chi connectivity index (χ0v) is 15.1. The summed E-state index contributed by atoms with van der Waals surface area (Å²) in [5.74, 6) is -1.04. The lowest BCUT2D eigenvalue weighted by molar-refractivity contribution is -0.0797. The second kappa shape index (κ2) is 6.63. The highest BCUT2D eigenvalue weighted by Gasteiger charge is 2.51. The number of carbonyl (C=O) groups excluding carboxylic acids is 1. The number of benzene rings is 1. The van der Waals surface area contributed by atoms with Gasteiger partial charge in [0.2, 0.25) is 0 Å². The van der Waals surface area contributed by atoms with Crippen molar-refractivity contribution in [3.05, 3.63) is 35.4 Å². The average Bonchev–Trinajstić information content (AvgIpc) is 2.76. The number of alkyl halides is 1. The summed E-state index contributed by atoms with van der Waals surface area (Å²) < 4.78 is 25.1. The number of hydrogen-bond donors (Lipinski definition) is 1. The molecule has 1 aromatic carbocycles. The minimum absolute atomic E-state index is 0.127. The third-order valence-electron chi connectivity index (χ3n) is 3.91. The van der Waals surface area contributed by atoms with Crippen molar-refractivity contribution in [1.82, 2.24) is 4.90 Å². The van der Waals surface area contributed by atoms with E-state index in [-0.39, 0.29) is 5.56 Å². The molecule has 6 nitrogen and oxygen atoms in total. The summed E-state index contributed by atoms with van der Waals surface area (Å²) in [5, 5.41) is 8.98. The summed E-state index contributed by atoms with van der Waals surface area (Å²) in [4.78, 5) is 24.8. The van der Waals surface area contributed by atoms with Gasteiger partial charge in [0.15, 0.2) is 0 Å². The van der Waals surface area contributed by atoms with Gasteiger partial charge in [-0.2, -0.15) is 0 Å². The van der Waals surface area contributed by atoms with E-state index < -0.39 is 42.2 Å². The first kappa shape index (κ1) is 19.2. The van der Waals surface area contributed by atoms with Crippen LogP contribution in [0.25, 0.3) is 0 Å². The van der Waals surface area contributed by atoms with Crippen LogP contribution in [0.3, 0.4) is 0 Å². The van der Waals surface area contributed by atoms with E-state index in [1.54, 1.807) is 46.8 Å². The first-order valence-electron chi connectivity index (χ1n) is 8.05. The number of amides is 1. The fourth-order valence-electron chi connectivity index (χ4n) is 2.90. The molecule has 1 saturated heterocycles. The van der Waals surface area contributed by atoms with Crippen molar-refractivity contribution in [2.45, 2.75) is 58.1 Å². The molecule has 1 N–H and O–H groups in total. The summed E-state index contributed by atoms with van der Waals surface area (Å²) in [6.07, 6.45) is -1.36. The van der Waals surface area contributed by atoms with Crippen LogP contribution in [0.4, 0.5) is 9.18 Å². The topological polar surface area (TPSA) is 76.1 Å². The maximum absolute atomic E-state index is 13.8. The summed E-state index contributed by atoms with van der Waals surface area (Å²) >= 11 is 0. The highest BCUT2D eigenvalue weighted by atomic mass is 19.1. The Balaban J connectivity index is 2.32. The van der Waals surface area contributed by atoms with Gasteiger partial charge in [0.05, 0.1) is 11.6 Å². The Morgan fingerprint density at radius 2 is 1.84 bits per heavy atom. The van der Waals surface area contributed by atoms with Crippen LogP contribution in [0.15, 0.2) is 24.3 Å². The van der Waals surface area contributed by atoms with Crippen molar-refractivity contribution in [1.29, 1.82) is 0 Å². The van der Waals surface area contributed by atoms with Gasteiger partial charge in [0.25, 0.3) is 0 Å². The van der Waals surface area contributed by atoms with Crippen LogP contribution < -0.4 is 0 Å². The van der Waals surface area contributed by atoms with E-state index in [1.807, 2.05) is 0 Å². The van der Waals surface area contributed by atoms with E-state index >= 15 is 0 Å². The number of ether oxygens (including phenoxy) is 2. The molecule has 1 aromatic rings. The molecule has 2 atom stereocenters. The second-order valence-electron chi connectivity index (χ2n) is 7.48. The lowest BCUT2D eigenvalue weighted by atomic mass is 10.0. The average molecular weight is 353 g/mol. The first-order valence-corrected chi connectivity index (χ1v) is 8.05. The number of halogens is 1. The maximum Gasteiger partial charge on any atom is 0.413 e. The van der Waals surface area contributed by atoms with E-state index in [9.17, 15) is 14.0 Å². The molecule has 25 heavy (non-hydrogen) atoms. The fourth-order valence-corrected chi connectivity index (χ4v) is 2.90. The molecule has 0 bridgehead atoms. The maximum atomic E-state index is 13.8. The molecule has 0 radical (unpaired) electrons. The van der Waals surface area contributed by atoms with Gasteiger partial charge in [-0.1, -0.05) is 12.1 Å². The third kappa shape index (κ3) is 4.10. The Labute approximate surface area is 146 Å². The minimum Gasteiger partial charge on any atom is -0.478 e. The van der Waals surface area contributed by atoms with Crippen LogP contribution in [-0.2, 0) is 9.47 Å². The van der Waals surface area contributed by atoms with E-state index in [4.69, 9.17) is 14.6 Å². The molecule has 7 heteroatoms. The third-order valence-corrected chi connectivity index (χ3v) is 3.91. The zero-order valence-electron chi connectivity index (χ0n) is 15.1. The summed E-state index contributed by atoms with van der Waals surface area (Å²) in [6, 6.07) is 5.15. The number of hydrogen-bond acceptors (Lipinski definition) is 4. The fraction of sp³-hybridized carbons (Fsp3) is 0.556. The summed E-state index contributed by atoms with van der Waals surface area (Å²) in [6.45, 7) is 7.74. The molecule has 1 amide bonds. The van der Waals surface area contributed by atoms with Gasteiger partial charge >= 0.3 is 12.1 Å². The molecule has 1 aliphatic heterocycles. The molecule has 138 valence electrons. The minimum atomic E-state index is -1.06. The number of carboxylic acids is 1. The van der Waals surface area contributed by atoms with Gasteiger partial charge in [0.1, 0.15) is 24.1 Å². The van der Waals surface area contributed by atoms with Gasteiger partial charge < -0.3 is 14.6 Å². The van der Waals surface area contributed by atoms with Gasteiger partial charge in [0, 0.05) is 0 Å². The number of carbonyl (C=O) groups is 2. The van der Waals surface area contributed by atoms with Crippen molar-refractivity contribution in [2.75, 3.05) is 6.67 Å². The molecule has 2 rings (SSSR count). The normalized spacial score (nSPS) is 22.7. The Bertz CT molecular complexity index is 650. The zero-order chi connectivity index (χ0) is 19.0. The lowest BCUT2D eigenvalue weighted by Crippen LogP contribution is -2.50. The molecule has 1 heterocycles. The van der Waals surface area contributed by atoms with Crippen LogP contribution in [0.2, 0.25) is 0 Å². The van der Waals surface area contributed by atoms with Crippen molar-refractivity contribution in [2.24, 2.45) is 0 Å². The molecular weight excluding hydrogens is 329 g/mol. The molecule has 0 aliphatic carbocycles. The van der Waals surface area contributed by atoms with Crippen LogP contribution in [0.5, 0.6) is 0 Å². The smallest absolute Gasteiger partial charge is 0.413 e. The molecular formula is C18H24FNO5. The number of carboxylic acid groups (broad SMARTS) is 1. The number of nitrogens with zero attached hydrogens (tertiary/aromatic N) is 1. The Kier molecular flexibility index (Phi) is 5.09. The molecule has 0 spiro atoms. The van der Waals surface area contributed by atoms with E-state index in [0.717, 1.165) is 0 Å². The summed E-state index contributed by atoms with van der Waals surface area (Å²) in [7, 11) is 0. The molecule has 0 saturated carbocycles. The van der Waals surface area contributed by atoms with Gasteiger partial charge in [-0.25, -0.2) is 14.0 Å². The highest BCUT2D eigenvalue weighted by Crippen LogP contribution is 2.42. The van der Waals surface area contributed by atoms with Crippen LogP contribution in [0.1, 0.15) is 56.6 Å². The van der Waals surface area contributed by atoms with E-state index in [1.165, 1.54) is 17.0 Å². The van der Waals surface area contributed by atoms with Crippen LogP contribution >= 0.6 is 0 Å². The van der Waals surface area contributed by atoms with Crippen molar-refractivity contribution < 1.29 is 28.6 Å². The van der Waals surface area contributed by atoms with Crippen LogP contribution in [-0.4, -0.2) is 46.1 Å². The molecule has 0 unspecified atom stereocenters. The van der Waals surface area contributed by atoms with Gasteiger partial charge in [-0.05, 0) is 52.3 Å². The highest BCUT2D eigenvalue weighted by molar-refractivity contribution is 5.87. The number of rotatable bonds is 3. The number of aromatic carboxylic acids is 1. The first-order chi connectivity index (χ1) is 11.5. The predicted molar refractivity (Wildman–Crippen MR) is 89.1 cm³/mol.